The van der Waals surface area contributed by atoms with Crippen LogP contribution in [-0.2, 0) is 0 Å². The summed E-state index contributed by atoms with van der Waals surface area (Å²) < 4.78 is 0. The summed E-state index contributed by atoms with van der Waals surface area (Å²) in [6.07, 6.45) is 2.47. The third-order valence-corrected chi connectivity index (χ3v) is 2.21. The molecule has 1 rings (SSSR count). The third kappa shape index (κ3) is 4.97. The van der Waals surface area contributed by atoms with Gasteiger partial charge in [-0.05, 0) is 13.3 Å². The normalized spacial score (nSPS) is 14.1. The van der Waals surface area contributed by atoms with E-state index in [0.717, 1.165) is 18.8 Å². The van der Waals surface area contributed by atoms with Gasteiger partial charge in [-0.15, -0.1) is 0 Å². The van der Waals surface area contributed by atoms with Crippen molar-refractivity contribution in [3.8, 4) is 0 Å². The molecule has 0 saturated carbocycles. The van der Waals surface area contributed by atoms with E-state index < -0.39 is 5.60 Å². The Morgan fingerprint density at radius 1 is 1.29 bits per heavy atom. The van der Waals surface area contributed by atoms with Crippen molar-refractivity contribution in [2.45, 2.75) is 25.9 Å². The first-order valence-electron chi connectivity index (χ1n) is 5.70. The molecule has 0 radical (unpaired) electrons. The van der Waals surface area contributed by atoms with Crippen LogP contribution in [0.15, 0.2) is 12.4 Å². The standard InChI is InChI=1S/C11H20N4O2/c1-3-4-12-9-5-10(15-8-14-9)13-6-11(2,17)7-16/h5,8,16-17H,3-4,6-7H2,1-2H3,(H2,12,13,14,15). The molecule has 0 aromatic carbocycles. The number of anilines is 2. The minimum absolute atomic E-state index is 0.230. The Balaban J connectivity index is 2.53. The van der Waals surface area contributed by atoms with E-state index in [9.17, 15) is 5.11 Å². The molecule has 17 heavy (non-hydrogen) atoms. The van der Waals surface area contributed by atoms with Crippen LogP contribution in [0.1, 0.15) is 20.3 Å². The largest absolute Gasteiger partial charge is 0.393 e. The highest BCUT2D eigenvalue weighted by atomic mass is 16.3. The molecule has 0 bridgehead atoms. The van der Waals surface area contributed by atoms with Crippen molar-refractivity contribution in [3.05, 3.63) is 12.4 Å². The van der Waals surface area contributed by atoms with E-state index in [1.807, 2.05) is 0 Å². The number of aromatic nitrogens is 2. The van der Waals surface area contributed by atoms with Gasteiger partial charge in [0, 0.05) is 19.2 Å². The lowest BCUT2D eigenvalue weighted by atomic mass is 10.1. The van der Waals surface area contributed by atoms with Gasteiger partial charge in [0.1, 0.15) is 23.6 Å². The van der Waals surface area contributed by atoms with Gasteiger partial charge in [-0.25, -0.2) is 9.97 Å². The average Bonchev–Trinajstić information content (AvgIpc) is 2.35. The minimum Gasteiger partial charge on any atom is -0.393 e. The fourth-order valence-electron chi connectivity index (χ4n) is 1.14. The molecule has 1 aromatic rings. The highest BCUT2D eigenvalue weighted by Crippen LogP contribution is 2.10. The molecule has 6 nitrogen and oxygen atoms in total. The van der Waals surface area contributed by atoms with E-state index in [1.54, 1.807) is 13.0 Å². The number of hydrogen-bond donors (Lipinski definition) is 4. The third-order valence-electron chi connectivity index (χ3n) is 2.21. The number of hydrogen-bond acceptors (Lipinski definition) is 6. The van der Waals surface area contributed by atoms with Crippen molar-refractivity contribution in [2.75, 3.05) is 30.3 Å². The van der Waals surface area contributed by atoms with Crippen molar-refractivity contribution >= 4 is 11.6 Å². The lowest BCUT2D eigenvalue weighted by molar-refractivity contribution is 0.0131. The van der Waals surface area contributed by atoms with Gasteiger partial charge < -0.3 is 20.8 Å². The lowest BCUT2D eigenvalue weighted by Gasteiger charge is -2.20. The molecule has 0 fully saturated rings. The smallest absolute Gasteiger partial charge is 0.131 e. The molecule has 0 aliphatic carbocycles. The van der Waals surface area contributed by atoms with Crippen LogP contribution < -0.4 is 10.6 Å². The van der Waals surface area contributed by atoms with Crippen LogP contribution in [-0.4, -0.2) is 45.5 Å². The van der Waals surface area contributed by atoms with E-state index in [0.29, 0.717) is 5.82 Å². The van der Waals surface area contributed by atoms with E-state index >= 15 is 0 Å². The number of aliphatic hydroxyl groups is 2. The summed E-state index contributed by atoms with van der Waals surface area (Å²) in [4.78, 5) is 8.10. The zero-order valence-corrected chi connectivity index (χ0v) is 10.3. The molecule has 1 heterocycles. The molecule has 1 unspecified atom stereocenters. The summed E-state index contributed by atoms with van der Waals surface area (Å²) in [7, 11) is 0. The van der Waals surface area contributed by atoms with Crippen molar-refractivity contribution in [1.82, 2.24) is 9.97 Å². The van der Waals surface area contributed by atoms with Crippen molar-refractivity contribution < 1.29 is 10.2 Å². The van der Waals surface area contributed by atoms with Crippen LogP contribution >= 0.6 is 0 Å². The van der Waals surface area contributed by atoms with Gasteiger partial charge in [-0.2, -0.15) is 0 Å². The van der Waals surface area contributed by atoms with E-state index in [2.05, 4.69) is 27.5 Å². The van der Waals surface area contributed by atoms with Crippen molar-refractivity contribution in [2.24, 2.45) is 0 Å². The lowest BCUT2D eigenvalue weighted by Crippen LogP contribution is -2.37. The Kier molecular flexibility index (Phi) is 5.11. The SMILES string of the molecule is CCCNc1cc(NCC(C)(O)CO)ncn1. The summed E-state index contributed by atoms with van der Waals surface area (Å²) in [6.45, 7) is 4.41. The van der Waals surface area contributed by atoms with Gasteiger partial charge in [0.2, 0.25) is 0 Å². The molecule has 1 atom stereocenters. The fourth-order valence-corrected chi connectivity index (χ4v) is 1.14. The first-order chi connectivity index (χ1) is 8.07. The van der Waals surface area contributed by atoms with E-state index in [1.165, 1.54) is 6.33 Å². The Morgan fingerprint density at radius 3 is 2.53 bits per heavy atom. The molecule has 1 aromatic heterocycles. The number of rotatable bonds is 7. The van der Waals surface area contributed by atoms with Crippen LogP contribution in [0.5, 0.6) is 0 Å². The van der Waals surface area contributed by atoms with E-state index in [4.69, 9.17) is 5.11 Å². The Bertz CT molecular complexity index is 344. The second-order valence-corrected chi connectivity index (χ2v) is 4.22. The Morgan fingerprint density at radius 2 is 1.94 bits per heavy atom. The summed E-state index contributed by atoms with van der Waals surface area (Å²) in [5.41, 5.74) is -1.15. The van der Waals surface area contributed by atoms with Crippen molar-refractivity contribution in [3.63, 3.8) is 0 Å². The van der Waals surface area contributed by atoms with E-state index in [-0.39, 0.29) is 13.2 Å². The van der Waals surface area contributed by atoms with Gasteiger partial charge in [0.15, 0.2) is 0 Å². The number of nitrogens with zero attached hydrogens (tertiary/aromatic N) is 2. The molecule has 0 spiro atoms. The van der Waals surface area contributed by atoms with Crippen LogP contribution in [0.3, 0.4) is 0 Å². The maximum absolute atomic E-state index is 9.62. The van der Waals surface area contributed by atoms with Gasteiger partial charge in [-0.3, -0.25) is 0 Å². The highest BCUT2D eigenvalue weighted by molar-refractivity contribution is 5.46. The maximum Gasteiger partial charge on any atom is 0.131 e. The molecular weight excluding hydrogens is 220 g/mol. The Labute approximate surface area is 101 Å². The molecule has 0 aliphatic rings. The predicted molar refractivity (Wildman–Crippen MR) is 67.0 cm³/mol. The zero-order valence-electron chi connectivity index (χ0n) is 10.3. The second-order valence-electron chi connectivity index (χ2n) is 4.22. The molecule has 6 heteroatoms. The number of aliphatic hydroxyl groups excluding tert-OH is 1. The predicted octanol–water partition coefficient (Wildman–Crippen LogP) is 0.454. The van der Waals surface area contributed by atoms with Gasteiger partial charge >= 0.3 is 0 Å². The maximum atomic E-state index is 9.62. The monoisotopic (exact) mass is 240 g/mol. The topological polar surface area (TPSA) is 90.3 Å². The Hall–Kier alpha value is -1.40. The van der Waals surface area contributed by atoms with Crippen LogP contribution in [0, 0.1) is 0 Å². The first kappa shape index (κ1) is 13.7. The van der Waals surface area contributed by atoms with Gasteiger partial charge in [0.05, 0.1) is 6.61 Å². The highest BCUT2D eigenvalue weighted by Gasteiger charge is 2.18. The summed E-state index contributed by atoms with van der Waals surface area (Å²) in [6, 6.07) is 1.77. The zero-order chi connectivity index (χ0) is 12.7. The summed E-state index contributed by atoms with van der Waals surface area (Å²) >= 11 is 0. The molecule has 0 saturated heterocycles. The fraction of sp³-hybridized carbons (Fsp3) is 0.636. The first-order valence-corrected chi connectivity index (χ1v) is 5.70. The van der Waals surface area contributed by atoms with Crippen LogP contribution in [0.25, 0.3) is 0 Å². The molecule has 96 valence electrons. The molecular formula is C11H20N4O2. The molecule has 4 N–H and O–H groups in total. The second kappa shape index (κ2) is 6.36. The summed E-state index contributed by atoms with van der Waals surface area (Å²) in [5, 5.41) is 24.6. The molecule has 0 aliphatic heterocycles. The average molecular weight is 240 g/mol. The van der Waals surface area contributed by atoms with Crippen LogP contribution in [0.2, 0.25) is 0 Å². The van der Waals surface area contributed by atoms with Crippen molar-refractivity contribution in [1.29, 1.82) is 0 Å². The molecule has 0 amide bonds. The quantitative estimate of drug-likeness (QED) is 0.553. The van der Waals surface area contributed by atoms with Gasteiger partial charge in [-0.1, -0.05) is 6.92 Å². The minimum atomic E-state index is -1.15. The van der Waals surface area contributed by atoms with Gasteiger partial charge in [0.25, 0.3) is 0 Å². The summed E-state index contributed by atoms with van der Waals surface area (Å²) in [5.74, 6) is 1.36. The van der Waals surface area contributed by atoms with Crippen LogP contribution in [0.4, 0.5) is 11.6 Å². The number of nitrogens with one attached hydrogen (secondary N) is 2.